The van der Waals surface area contributed by atoms with Crippen molar-refractivity contribution in [2.75, 3.05) is 26.8 Å². The van der Waals surface area contributed by atoms with Crippen molar-refractivity contribution in [1.29, 1.82) is 0 Å². The number of hydrogen-bond donors (Lipinski definition) is 5. The summed E-state index contributed by atoms with van der Waals surface area (Å²) < 4.78 is 16.5. The van der Waals surface area contributed by atoms with E-state index >= 15 is 0 Å². The molecule has 0 spiro atoms. The summed E-state index contributed by atoms with van der Waals surface area (Å²) in [5, 5.41) is 52.5. The fourth-order valence-corrected chi connectivity index (χ4v) is 5.79. The SMILES string of the molecule is COc1c(O)c(CN2CCC(Cc3ccccc3)CC2)c2c(c1O)[C@H]1O[C@H](CO)[C@@H](O)[C@H](O)[C@H]1OC2=O. The summed E-state index contributed by atoms with van der Waals surface area (Å²) in [6.45, 7) is 1.13. The van der Waals surface area contributed by atoms with Crippen LogP contribution in [-0.2, 0) is 22.4 Å². The molecule has 2 aromatic carbocycles. The number of aromatic hydroxyl groups is 2. The quantitative estimate of drug-likeness (QED) is 0.356. The first-order valence-corrected chi connectivity index (χ1v) is 12.6. The Balaban J connectivity index is 1.43. The van der Waals surface area contributed by atoms with Gasteiger partial charge in [-0.1, -0.05) is 30.3 Å². The summed E-state index contributed by atoms with van der Waals surface area (Å²) in [5.74, 6) is -1.41. The molecule has 3 aliphatic heterocycles. The number of benzene rings is 2. The van der Waals surface area contributed by atoms with Crippen molar-refractivity contribution in [3.05, 3.63) is 52.6 Å². The van der Waals surface area contributed by atoms with Crippen LogP contribution >= 0.6 is 0 Å². The zero-order valence-electron chi connectivity index (χ0n) is 20.6. The van der Waals surface area contributed by atoms with Crippen LogP contribution in [0, 0.1) is 5.92 Å². The molecule has 0 radical (unpaired) electrons. The van der Waals surface area contributed by atoms with Crippen LogP contribution in [0.3, 0.4) is 0 Å². The van der Waals surface area contributed by atoms with Gasteiger partial charge in [-0.05, 0) is 43.8 Å². The van der Waals surface area contributed by atoms with Crippen molar-refractivity contribution in [2.24, 2.45) is 5.92 Å². The number of carbonyl (C=O) groups is 1. The molecule has 2 aromatic rings. The predicted octanol–water partition coefficient (Wildman–Crippen LogP) is 1.25. The molecule has 2 fully saturated rings. The van der Waals surface area contributed by atoms with E-state index in [2.05, 4.69) is 17.0 Å². The molecular formula is C27H33NO9. The van der Waals surface area contributed by atoms with Crippen LogP contribution in [0.2, 0.25) is 0 Å². The maximum Gasteiger partial charge on any atom is 0.339 e. The van der Waals surface area contributed by atoms with Gasteiger partial charge in [0.1, 0.15) is 24.4 Å². The number of aliphatic hydroxyl groups excluding tert-OH is 3. The number of piperidine rings is 1. The first-order chi connectivity index (χ1) is 17.8. The van der Waals surface area contributed by atoms with Crippen molar-refractivity contribution in [3.63, 3.8) is 0 Å². The Labute approximate surface area is 214 Å². The number of rotatable bonds is 6. The average Bonchev–Trinajstić information content (AvgIpc) is 2.90. The molecule has 10 heteroatoms. The van der Waals surface area contributed by atoms with E-state index in [1.165, 1.54) is 12.7 Å². The Bertz CT molecular complexity index is 1130. The third-order valence-corrected chi connectivity index (χ3v) is 7.80. The number of fused-ring (bicyclic) bond motifs is 3. The van der Waals surface area contributed by atoms with Crippen molar-refractivity contribution in [1.82, 2.24) is 4.90 Å². The van der Waals surface area contributed by atoms with Gasteiger partial charge in [0, 0.05) is 17.7 Å². The van der Waals surface area contributed by atoms with Gasteiger partial charge in [-0.15, -0.1) is 0 Å². The fraction of sp³-hybridized carbons (Fsp3) is 0.519. The van der Waals surface area contributed by atoms with Crippen LogP contribution in [-0.4, -0.2) is 87.6 Å². The number of carbonyl (C=O) groups excluding carboxylic acids is 1. The number of aliphatic hydroxyl groups is 3. The minimum absolute atomic E-state index is 0.00858. The molecule has 37 heavy (non-hydrogen) atoms. The summed E-state index contributed by atoms with van der Waals surface area (Å²) in [5.41, 5.74) is 1.49. The van der Waals surface area contributed by atoms with E-state index in [0.717, 1.165) is 32.4 Å². The molecule has 5 rings (SSSR count). The first kappa shape index (κ1) is 25.7. The van der Waals surface area contributed by atoms with Gasteiger partial charge < -0.3 is 39.7 Å². The topological polar surface area (TPSA) is 149 Å². The number of esters is 1. The zero-order valence-corrected chi connectivity index (χ0v) is 20.6. The number of ether oxygens (including phenoxy) is 3. The van der Waals surface area contributed by atoms with Gasteiger partial charge in [-0.2, -0.15) is 0 Å². The smallest absolute Gasteiger partial charge is 0.339 e. The Morgan fingerprint density at radius 2 is 1.76 bits per heavy atom. The van der Waals surface area contributed by atoms with E-state index < -0.39 is 48.8 Å². The van der Waals surface area contributed by atoms with Gasteiger partial charge in [0.15, 0.2) is 17.6 Å². The van der Waals surface area contributed by atoms with E-state index in [0.29, 0.717) is 5.92 Å². The molecule has 2 saturated heterocycles. The van der Waals surface area contributed by atoms with Crippen molar-refractivity contribution < 1.29 is 44.5 Å². The molecule has 10 nitrogen and oxygen atoms in total. The van der Waals surface area contributed by atoms with Crippen LogP contribution in [0.4, 0.5) is 0 Å². The standard InChI is InChI=1S/C27H33NO9/c1-35-25-20(30)16(12-28-9-7-15(8-10-28)11-14-5-3-2-4-6-14)18-19(22(25)32)24-26(37-27(18)34)23(33)21(31)17(13-29)36-24/h2-6,15,17,21,23-24,26,29-33H,7-13H2,1H3/t17-,21-,23+,24-,26-/m1/s1. The highest BCUT2D eigenvalue weighted by Gasteiger charge is 2.53. The molecule has 0 amide bonds. The number of phenols is 2. The number of phenolic OH excluding ortho intramolecular Hbond substituents is 2. The minimum atomic E-state index is -1.54. The third kappa shape index (κ3) is 4.64. The molecule has 0 saturated carbocycles. The van der Waals surface area contributed by atoms with Crippen LogP contribution in [0.5, 0.6) is 17.2 Å². The number of hydrogen-bond acceptors (Lipinski definition) is 10. The first-order valence-electron chi connectivity index (χ1n) is 12.6. The highest BCUT2D eigenvalue weighted by atomic mass is 16.6. The largest absolute Gasteiger partial charge is 0.504 e. The molecule has 0 unspecified atom stereocenters. The average molecular weight is 516 g/mol. The fourth-order valence-electron chi connectivity index (χ4n) is 5.79. The lowest BCUT2D eigenvalue weighted by Gasteiger charge is -2.45. The Morgan fingerprint density at radius 1 is 1.05 bits per heavy atom. The lowest BCUT2D eigenvalue weighted by atomic mass is 9.83. The summed E-state index contributed by atoms with van der Waals surface area (Å²) >= 11 is 0. The van der Waals surface area contributed by atoms with Gasteiger partial charge in [-0.25, -0.2) is 4.79 Å². The summed E-state index contributed by atoms with van der Waals surface area (Å²) in [4.78, 5) is 15.3. The number of likely N-dealkylation sites (tertiary alicyclic amines) is 1. The van der Waals surface area contributed by atoms with Gasteiger partial charge in [-0.3, -0.25) is 4.90 Å². The second kappa shape index (κ2) is 10.5. The van der Waals surface area contributed by atoms with Gasteiger partial charge in [0.25, 0.3) is 0 Å². The lowest BCUT2D eigenvalue weighted by molar-refractivity contribution is -0.235. The summed E-state index contributed by atoms with van der Waals surface area (Å²) in [7, 11) is 1.29. The third-order valence-electron chi connectivity index (χ3n) is 7.80. The summed E-state index contributed by atoms with van der Waals surface area (Å²) in [6, 6.07) is 10.3. The molecule has 0 bridgehead atoms. The number of methoxy groups -OCH3 is 1. The molecule has 200 valence electrons. The van der Waals surface area contributed by atoms with Crippen LogP contribution in [0.15, 0.2) is 30.3 Å². The molecule has 5 atom stereocenters. The second-order valence-corrected chi connectivity index (χ2v) is 10.0. The number of nitrogens with zero attached hydrogens (tertiary/aromatic N) is 1. The van der Waals surface area contributed by atoms with E-state index in [4.69, 9.17) is 14.2 Å². The van der Waals surface area contributed by atoms with Crippen molar-refractivity contribution >= 4 is 5.97 Å². The Morgan fingerprint density at radius 3 is 2.41 bits per heavy atom. The Hall–Kier alpha value is -2.89. The summed E-state index contributed by atoms with van der Waals surface area (Å²) in [6.07, 6.45) is -3.77. The second-order valence-electron chi connectivity index (χ2n) is 10.0. The molecule has 3 heterocycles. The molecule has 0 aromatic heterocycles. The van der Waals surface area contributed by atoms with E-state index in [-0.39, 0.29) is 34.7 Å². The van der Waals surface area contributed by atoms with E-state index in [9.17, 15) is 30.3 Å². The van der Waals surface area contributed by atoms with Crippen LogP contribution < -0.4 is 4.74 Å². The maximum atomic E-state index is 13.2. The normalized spacial score (nSPS) is 28.3. The van der Waals surface area contributed by atoms with Crippen LogP contribution in [0.25, 0.3) is 0 Å². The highest BCUT2D eigenvalue weighted by Crippen LogP contribution is 2.52. The lowest BCUT2D eigenvalue weighted by Crippen LogP contribution is -2.58. The Kier molecular flexibility index (Phi) is 7.28. The van der Waals surface area contributed by atoms with Gasteiger partial charge in [0.05, 0.1) is 19.3 Å². The van der Waals surface area contributed by atoms with E-state index in [1.807, 2.05) is 18.2 Å². The van der Waals surface area contributed by atoms with Gasteiger partial charge in [0.2, 0.25) is 5.75 Å². The minimum Gasteiger partial charge on any atom is -0.504 e. The molecule has 3 aliphatic rings. The van der Waals surface area contributed by atoms with Crippen molar-refractivity contribution in [3.8, 4) is 17.2 Å². The van der Waals surface area contributed by atoms with Gasteiger partial charge >= 0.3 is 5.97 Å². The van der Waals surface area contributed by atoms with Crippen molar-refractivity contribution in [2.45, 2.75) is 56.3 Å². The predicted molar refractivity (Wildman–Crippen MR) is 130 cm³/mol. The monoisotopic (exact) mass is 515 g/mol. The maximum absolute atomic E-state index is 13.2. The highest BCUT2D eigenvalue weighted by molar-refractivity contribution is 5.97. The molecular weight excluding hydrogens is 482 g/mol. The van der Waals surface area contributed by atoms with E-state index in [1.54, 1.807) is 0 Å². The van der Waals surface area contributed by atoms with Crippen LogP contribution in [0.1, 0.15) is 46.0 Å². The molecule has 5 N–H and O–H groups in total. The molecule has 0 aliphatic carbocycles. The zero-order chi connectivity index (χ0) is 26.3.